The topological polar surface area (TPSA) is 50.4 Å². The fourth-order valence-corrected chi connectivity index (χ4v) is 1.90. The summed E-state index contributed by atoms with van der Waals surface area (Å²) < 4.78 is 42.9. The first-order chi connectivity index (χ1) is 9.32. The van der Waals surface area contributed by atoms with Gasteiger partial charge in [-0.1, -0.05) is 15.9 Å². The highest BCUT2D eigenvalue weighted by Gasteiger charge is 2.31. The molecule has 0 aliphatic carbocycles. The molecule has 1 amide bonds. The number of hydrogen-bond acceptors (Lipinski definition) is 3. The fourth-order valence-electron chi connectivity index (χ4n) is 1.41. The average molecular weight is 392 g/mol. The maximum atomic E-state index is 12.6. The van der Waals surface area contributed by atoms with Gasteiger partial charge in [0, 0.05) is 23.8 Å². The number of halogens is 5. The van der Waals surface area contributed by atoms with E-state index in [9.17, 15) is 18.0 Å². The van der Waals surface area contributed by atoms with Gasteiger partial charge in [-0.15, -0.1) is 12.4 Å². The summed E-state index contributed by atoms with van der Waals surface area (Å²) in [6.07, 6.45) is -4.46. The molecule has 1 aromatic rings. The van der Waals surface area contributed by atoms with Crippen molar-refractivity contribution in [1.29, 1.82) is 0 Å². The molecule has 1 rings (SSSR count). The standard InChI is InChI=1S/C12H14BrF3N2O2.ClH/c1-20-3-2-17-7-11(19)18-10-5-8(12(14,15)16)4-9(13)6-10;/h4-6,17H,2-3,7H2,1H3,(H,18,19);1H. The van der Waals surface area contributed by atoms with E-state index in [2.05, 4.69) is 26.6 Å². The normalized spacial score (nSPS) is 10.9. The Hall–Kier alpha value is -0.830. The molecule has 0 atom stereocenters. The molecule has 120 valence electrons. The molecule has 0 saturated heterocycles. The quantitative estimate of drug-likeness (QED) is 0.733. The first-order valence-electron chi connectivity index (χ1n) is 5.70. The molecule has 2 N–H and O–H groups in total. The summed E-state index contributed by atoms with van der Waals surface area (Å²) in [6.45, 7) is 0.926. The van der Waals surface area contributed by atoms with Gasteiger partial charge in [-0.2, -0.15) is 13.2 Å². The van der Waals surface area contributed by atoms with Crippen LogP contribution in [0.3, 0.4) is 0 Å². The number of amides is 1. The first-order valence-corrected chi connectivity index (χ1v) is 6.49. The molecule has 0 aliphatic rings. The third-order valence-corrected chi connectivity index (χ3v) is 2.74. The summed E-state index contributed by atoms with van der Waals surface area (Å²) in [4.78, 5) is 11.5. The molecule has 0 aliphatic heterocycles. The number of benzene rings is 1. The lowest BCUT2D eigenvalue weighted by Gasteiger charge is -2.11. The number of nitrogens with one attached hydrogen (secondary N) is 2. The summed E-state index contributed by atoms with van der Waals surface area (Å²) in [5.74, 6) is -0.424. The zero-order chi connectivity index (χ0) is 15.2. The van der Waals surface area contributed by atoms with E-state index in [1.54, 1.807) is 0 Å². The van der Waals surface area contributed by atoms with Crippen molar-refractivity contribution in [3.63, 3.8) is 0 Å². The van der Waals surface area contributed by atoms with Crippen LogP contribution < -0.4 is 10.6 Å². The lowest BCUT2D eigenvalue weighted by Crippen LogP contribution is -2.30. The largest absolute Gasteiger partial charge is 0.416 e. The number of alkyl halides is 3. The van der Waals surface area contributed by atoms with Crippen LogP contribution in [0.25, 0.3) is 0 Å². The van der Waals surface area contributed by atoms with Gasteiger partial charge in [0.1, 0.15) is 0 Å². The summed E-state index contributed by atoms with van der Waals surface area (Å²) in [7, 11) is 1.53. The van der Waals surface area contributed by atoms with Gasteiger partial charge in [-0.3, -0.25) is 4.79 Å². The molecule has 0 unspecified atom stereocenters. The van der Waals surface area contributed by atoms with Crippen LogP contribution in [0.4, 0.5) is 18.9 Å². The summed E-state index contributed by atoms with van der Waals surface area (Å²) in [5, 5.41) is 5.19. The minimum atomic E-state index is -4.46. The van der Waals surface area contributed by atoms with Crippen molar-refractivity contribution in [2.45, 2.75) is 6.18 Å². The minimum Gasteiger partial charge on any atom is -0.383 e. The summed E-state index contributed by atoms with van der Waals surface area (Å²) in [6, 6.07) is 3.24. The van der Waals surface area contributed by atoms with Crippen molar-refractivity contribution in [2.75, 3.05) is 32.1 Å². The van der Waals surface area contributed by atoms with Crippen LogP contribution in [0, 0.1) is 0 Å². The number of carbonyl (C=O) groups excluding carboxylic acids is 1. The molecular formula is C12H15BrClF3N2O2. The predicted octanol–water partition coefficient (Wildman–Crippen LogP) is 3.06. The number of ether oxygens (including phenoxy) is 1. The van der Waals surface area contributed by atoms with Crippen LogP contribution in [-0.4, -0.2) is 32.7 Å². The lowest BCUT2D eigenvalue weighted by atomic mass is 10.2. The van der Waals surface area contributed by atoms with Gasteiger partial charge in [0.05, 0.1) is 18.7 Å². The van der Waals surface area contributed by atoms with E-state index < -0.39 is 17.6 Å². The van der Waals surface area contributed by atoms with Gasteiger partial charge in [-0.05, 0) is 18.2 Å². The molecule has 0 fully saturated rings. The monoisotopic (exact) mass is 390 g/mol. The molecule has 21 heavy (non-hydrogen) atoms. The van der Waals surface area contributed by atoms with Gasteiger partial charge in [0.15, 0.2) is 0 Å². The second-order valence-corrected chi connectivity index (χ2v) is 4.86. The van der Waals surface area contributed by atoms with E-state index in [1.165, 1.54) is 13.2 Å². The number of methoxy groups -OCH3 is 1. The fraction of sp³-hybridized carbons (Fsp3) is 0.417. The Balaban J connectivity index is 0.00000400. The molecule has 9 heteroatoms. The maximum absolute atomic E-state index is 12.6. The van der Waals surface area contributed by atoms with E-state index in [0.717, 1.165) is 12.1 Å². The Kier molecular flexibility index (Phi) is 8.88. The van der Waals surface area contributed by atoms with Crippen molar-refractivity contribution in [1.82, 2.24) is 5.32 Å². The predicted molar refractivity (Wildman–Crippen MR) is 79.8 cm³/mol. The minimum absolute atomic E-state index is 0. The Morgan fingerprint density at radius 2 is 2.00 bits per heavy atom. The molecule has 0 bridgehead atoms. The zero-order valence-electron chi connectivity index (χ0n) is 11.1. The highest BCUT2D eigenvalue weighted by molar-refractivity contribution is 9.10. The Morgan fingerprint density at radius 3 is 2.57 bits per heavy atom. The van der Waals surface area contributed by atoms with Crippen molar-refractivity contribution < 1.29 is 22.7 Å². The molecular weight excluding hydrogens is 376 g/mol. The van der Waals surface area contributed by atoms with Crippen LogP contribution in [-0.2, 0) is 15.7 Å². The van der Waals surface area contributed by atoms with Gasteiger partial charge in [0.2, 0.25) is 5.91 Å². The van der Waals surface area contributed by atoms with Crippen molar-refractivity contribution in [3.05, 3.63) is 28.2 Å². The van der Waals surface area contributed by atoms with Crippen molar-refractivity contribution >= 4 is 39.9 Å². The Labute approximate surface area is 135 Å². The summed E-state index contributed by atoms with van der Waals surface area (Å²) in [5.41, 5.74) is -0.736. The zero-order valence-corrected chi connectivity index (χ0v) is 13.5. The van der Waals surface area contributed by atoms with Crippen LogP contribution in [0.2, 0.25) is 0 Å². The van der Waals surface area contributed by atoms with Crippen LogP contribution >= 0.6 is 28.3 Å². The molecule has 4 nitrogen and oxygen atoms in total. The van der Waals surface area contributed by atoms with Gasteiger partial charge < -0.3 is 15.4 Å². The molecule has 0 aromatic heterocycles. The number of carbonyl (C=O) groups is 1. The molecule has 1 aromatic carbocycles. The van der Waals surface area contributed by atoms with E-state index >= 15 is 0 Å². The Morgan fingerprint density at radius 1 is 1.33 bits per heavy atom. The molecule has 0 spiro atoms. The van der Waals surface area contributed by atoms with Crippen LogP contribution in [0.5, 0.6) is 0 Å². The third kappa shape index (κ3) is 7.66. The SMILES string of the molecule is COCCNCC(=O)Nc1cc(Br)cc(C(F)(F)F)c1.Cl. The van der Waals surface area contributed by atoms with E-state index in [4.69, 9.17) is 4.74 Å². The average Bonchev–Trinajstić information content (AvgIpc) is 2.33. The van der Waals surface area contributed by atoms with E-state index in [-0.39, 0.29) is 29.1 Å². The van der Waals surface area contributed by atoms with Gasteiger partial charge in [-0.25, -0.2) is 0 Å². The second kappa shape index (κ2) is 9.24. The van der Waals surface area contributed by atoms with Crippen molar-refractivity contribution in [2.24, 2.45) is 0 Å². The highest BCUT2D eigenvalue weighted by Crippen LogP contribution is 2.33. The molecule has 0 radical (unpaired) electrons. The number of anilines is 1. The number of rotatable bonds is 6. The van der Waals surface area contributed by atoms with Crippen LogP contribution in [0.1, 0.15) is 5.56 Å². The highest BCUT2D eigenvalue weighted by atomic mass is 79.9. The van der Waals surface area contributed by atoms with E-state index in [1.807, 2.05) is 0 Å². The van der Waals surface area contributed by atoms with Crippen molar-refractivity contribution in [3.8, 4) is 0 Å². The second-order valence-electron chi connectivity index (χ2n) is 3.94. The first kappa shape index (κ1) is 20.2. The smallest absolute Gasteiger partial charge is 0.383 e. The Bertz CT molecular complexity index is 472. The van der Waals surface area contributed by atoms with Gasteiger partial charge in [0.25, 0.3) is 0 Å². The van der Waals surface area contributed by atoms with E-state index in [0.29, 0.717) is 13.2 Å². The number of hydrogen-bond donors (Lipinski definition) is 2. The van der Waals surface area contributed by atoms with Crippen LogP contribution in [0.15, 0.2) is 22.7 Å². The lowest BCUT2D eigenvalue weighted by molar-refractivity contribution is -0.137. The molecule has 0 heterocycles. The third-order valence-electron chi connectivity index (χ3n) is 2.28. The van der Waals surface area contributed by atoms with Gasteiger partial charge >= 0.3 is 6.18 Å². The summed E-state index contributed by atoms with van der Waals surface area (Å²) >= 11 is 2.99. The molecule has 0 saturated carbocycles. The maximum Gasteiger partial charge on any atom is 0.416 e.